The summed E-state index contributed by atoms with van der Waals surface area (Å²) in [4.78, 5) is 25.6. The van der Waals surface area contributed by atoms with Crippen molar-refractivity contribution in [3.63, 3.8) is 0 Å². The molecule has 11 heteroatoms. The van der Waals surface area contributed by atoms with Gasteiger partial charge in [0.15, 0.2) is 12.1 Å². The number of rotatable bonds is 12. The molecular formula is C30H34O11. The molecule has 5 unspecified atom stereocenters. The average Bonchev–Trinajstić information content (AvgIpc) is 2.95. The zero-order chi connectivity index (χ0) is 29.5. The van der Waals surface area contributed by atoms with E-state index in [0.29, 0.717) is 17.6 Å². The maximum atomic E-state index is 13.3. The van der Waals surface area contributed by atoms with Gasteiger partial charge in [0.2, 0.25) is 6.29 Å². The lowest BCUT2D eigenvalue weighted by Crippen LogP contribution is -2.43. The molecule has 5 N–H and O–H groups in total. The number of carbonyl (C=O) groups excluding carboxylic acids is 2. The third-order valence-electron chi connectivity index (χ3n) is 7.12. The minimum atomic E-state index is -1.28. The third kappa shape index (κ3) is 7.06. The molecule has 0 amide bonds. The standard InChI is InChI=1S/C30H34O11/c1-2-21-22-7-4-8-25(35)24(22)15-39-30(21)41-27(40-20(14-32)9-10-31)16-38-29(37)28-23(12-19(34)13-26(28)36)17-5-3-6-18(33)11-17/h2-3,5-6,11-13,15,20-22,27,30-34,36H,1,4,7-10,14,16H2. The van der Waals surface area contributed by atoms with Crippen LogP contribution in [0.3, 0.4) is 0 Å². The summed E-state index contributed by atoms with van der Waals surface area (Å²) in [5, 5.41) is 49.6. The van der Waals surface area contributed by atoms with Crippen molar-refractivity contribution in [1.29, 1.82) is 0 Å². The zero-order valence-electron chi connectivity index (χ0n) is 22.3. The molecule has 1 fully saturated rings. The number of phenolic OH excluding ortho intramolecular Hbond substituents is 3. The van der Waals surface area contributed by atoms with Crippen molar-refractivity contribution in [3.8, 4) is 28.4 Å². The van der Waals surface area contributed by atoms with E-state index in [2.05, 4.69) is 6.58 Å². The third-order valence-corrected chi connectivity index (χ3v) is 7.12. The highest BCUT2D eigenvalue weighted by Gasteiger charge is 2.41. The lowest BCUT2D eigenvalue weighted by molar-refractivity contribution is -0.275. The molecule has 2 aliphatic rings. The van der Waals surface area contributed by atoms with Crippen molar-refractivity contribution < 1.29 is 54.1 Å². The van der Waals surface area contributed by atoms with E-state index in [1.165, 1.54) is 30.5 Å². The van der Waals surface area contributed by atoms with Crippen LogP contribution in [0.15, 0.2) is 60.9 Å². The van der Waals surface area contributed by atoms with E-state index < -0.39 is 49.5 Å². The first-order valence-corrected chi connectivity index (χ1v) is 13.3. The highest BCUT2D eigenvalue weighted by molar-refractivity contribution is 6.00. The predicted molar refractivity (Wildman–Crippen MR) is 145 cm³/mol. The maximum Gasteiger partial charge on any atom is 0.342 e. The van der Waals surface area contributed by atoms with Crippen LogP contribution in [0.5, 0.6) is 17.2 Å². The quantitative estimate of drug-likeness (QED) is 0.144. The molecule has 1 aliphatic carbocycles. The molecule has 2 aromatic carbocycles. The van der Waals surface area contributed by atoms with Crippen molar-refractivity contribution in [3.05, 3.63) is 66.5 Å². The van der Waals surface area contributed by atoms with Gasteiger partial charge in [0.25, 0.3) is 0 Å². The van der Waals surface area contributed by atoms with Crippen molar-refractivity contribution in [2.75, 3.05) is 19.8 Å². The van der Waals surface area contributed by atoms with E-state index in [0.717, 1.165) is 18.9 Å². The second-order valence-corrected chi connectivity index (χ2v) is 9.87. The molecule has 0 saturated heterocycles. The molecule has 2 aromatic rings. The molecule has 4 rings (SSSR count). The highest BCUT2D eigenvalue weighted by Crippen LogP contribution is 2.40. The number of hydrogen-bond acceptors (Lipinski definition) is 11. The Hall–Kier alpha value is -3.90. The first kappa shape index (κ1) is 30.1. The molecule has 1 heterocycles. The van der Waals surface area contributed by atoms with Gasteiger partial charge in [-0.2, -0.15) is 0 Å². The van der Waals surface area contributed by atoms with Gasteiger partial charge in [0.05, 0.1) is 19.0 Å². The van der Waals surface area contributed by atoms with Gasteiger partial charge < -0.3 is 44.5 Å². The number of carbonyl (C=O) groups is 2. The molecule has 5 atom stereocenters. The number of aromatic hydroxyl groups is 3. The van der Waals surface area contributed by atoms with Gasteiger partial charge in [0.1, 0.15) is 29.4 Å². The molecule has 0 spiro atoms. The van der Waals surface area contributed by atoms with E-state index in [9.17, 15) is 35.1 Å². The van der Waals surface area contributed by atoms with Crippen molar-refractivity contribution in [1.82, 2.24) is 0 Å². The van der Waals surface area contributed by atoms with E-state index in [1.807, 2.05) is 0 Å². The molecular weight excluding hydrogens is 536 g/mol. The lowest BCUT2D eigenvalue weighted by atomic mass is 9.75. The number of esters is 1. The smallest absolute Gasteiger partial charge is 0.342 e. The zero-order valence-corrected chi connectivity index (χ0v) is 22.3. The summed E-state index contributed by atoms with van der Waals surface area (Å²) in [6.45, 7) is 2.63. The van der Waals surface area contributed by atoms with Crippen LogP contribution in [0.2, 0.25) is 0 Å². The molecule has 1 aliphatic heterocycles. The van der Waals surface area contributed by atoms with Gasteiger partial charge in [-0.3, -0.25) is 4.79 Å². The minimum Gasteiger partial charge on any atom is -0.508 e. The largest absolute Gasteiger partial charge is 0.508 e. The number of benzene rings is 2. The average molecular weight is 571 g/mol. The molecule has 0 radical (unpaired) electrons. The summed E-state index contributed by atoms with van der Waals surface area (Å²) in [7, 11) is 0. The normalized spacial score (nSPS) is 21.7. The molecule has 220 valence electrons. The maximum absolute atomic E-state index is 13.3. The summed E-state index contributed by atoms with van der Waals surface area (Å²) in [6.07, 6.45) is 1.89. The number of hydrogen-bond donors (Lipinski definition) is 5. The van der Waals surface area contributed by atoms with Crippen LogP contribution in [-0.4, -0.2) is 75.8 Å². The molecule has 1 saturated carbocycles. The lowest BCUT2D eigenvalue weighted by Gasteiger charge is -2.39. The van der Waals surface area contributed by atoms with Crippen LogP contribution in [-0.2, 0) is 23.7 Å². The molecule has 0 aromatic heterocycles. The summed E-state index contributed by atoms with van der Waals surface area (Å²) >= 11 is 0. The fourth-order valence-electron chi connectivity index (χ4n) is 5.13. The summed E-state index contributed by atoms with van der Waals surface area (Å²) < 4.78 is 23.1. The molecule has 41 heavy (non-hydrogen) atoms. The topological polar surface area (TPSA) is 172 Å². The van der Waals surface area contributed by atoms with E-state index in [1.54, 1.807) is 12.1 Å². The van der Waals surface area contributed by atoms with Gasteiger partial charge in [-0.05, 0) is 43.0 Å². The number of allylic oxidation sites excluding steroid dienone is 1. The van der Waals surface area contributed by atoms with Gasteiger partial charge in [0, 0.05) is 42.1 Å². The van der Waals surface area contributed by atoms with E-state index in [4.69, 9.17) is 18.9 Å². The van der Waals surface area contributed by atoms with Gasteiger partial charge in [-0.25, -0.2) is 4.79 Å². The number of Topliss-reactive ketones (excluding diaryl/α,β-unsaturated/α-hetero) is 1. The van der Waals surface area contributed by atoms with Gasteiger partial charge >= 0.3 is 5.97 Å². The van der Waals surface area contributed by atoms with Crippen LogP contribution in [0.1, 0.15) is 36.0 Å². The number of ether oxygens (including phenoxy) is 4. The van der Waals surface area contributed by atoms with Crippen LogP contribution in [0.4, 0.5) is 0 Å². The number of phenols is 3. The fourth-order valence-corrected chi connectivity index (χ4v) is 5.13. The van der Waals surface area contributed by atoms with Crippen molar-refractivity contribution in [2.24, 2.45) is 11.8 Å². The second-order valence-electron chi connectivity index (χ2n) is 9.87. The summed E-state index contributed by atoms with van der Waals surface area (Å²) in [5.41, 5.74) is 0.745. The van der Waals surface area contributed by atoms with Crippen molar-refractivity contribution in [2.45, 2.75) is 44.4 Å². The fraction of sp³-hybridized carbons (Fsp3) is 0.400. The van der Waals surface area contributed by atoms with E-state index >= 15 is 0 Å². The Bertz CT molecular complexity index is 1290. The van der Waals surface area contributed by atoms with Crippen molar-refractivity contribution >= 4 is 11.8 Å². The highest BCUT2D eigenvalue weighted by atomic mass is 16.8. The Morgan fingerprint density at radius 1 is 1.15 bits per heavy atom. The van der Waals surface area contributed by atoms with Crippen LogP contribution in [0, 0.1) is 11.8 Å². The van der Waals surface area contributed by atoms with Gasteiger partial charge in [-0.15, -0.1) is 6.58 Å². The first-order valence-electron chi connectivity index (χ1n) is 13.3. The Kier molecular flexibility index (Phi) is 10.0. The number of ketones is 1. The summed E-state index contributed by atoms with van der Waals surface area (Å²) in [6, 6.07) is 8.13. The Morgan fingerprint density at radius 3 is 2.66 bits per heavy atom. The summed E-state index contributed by atoms with van der Waals surface area (Å²) in [5.74, 6) is -2.51. The first-order chi connectivity index (χ1) is 19.7. The monoisotopic (exact) mass is 570 g/mol. The second kappa shape index (κ2) is 13.6. The number of aliphatic hydroxyl groups is 2. The SMILES string of the molecule is C=CC1C(OC(COC(=O)c2c(O)cc(O)cc2-c2cccc(O)c2)OC(CO)CCO)OC=C2C(=O)CCCC21. The Morgan fingerprint density at radius 2 is 1.95 bits per heavy atom. The van der Waals surface area contributed by atoms with Crippen LogP contribution < -0.4 is 0 Å². The van der Waals surface area contributed by atoms with Gasteiger partial charge in [-0.1, -0.05) is 18.2 Å². The minimum absolute atomic E-state index is 0.00724. The number of aliphatic hydroxyl groups excluding tert-OH is 2. The molecule has 11 nitrogen and oxygen atoms in total. The van der Waals surface area contributed by atoms with E-state index in [-0.39, 0.29) is 47.4 Å². The Labute approximate surface area is 236 Å². The number of fused-ring (bicyclic) bond motifs is 1. The predicted octanol–water partition coefficient (Wildman–Crippen LogP) is 3.14. The van der Waals surface area contributed by atoms with Crippen LogP contribution >= 0.6 is 0 Å². The molecule has 0 bridgehead atoms. The van der Waals surface area contributed by atoms with Crippen LogP contribution in [0.25, 0.3) is 11.1 Å². The Balaban J connectivity index is 1.57.